The number of anilines is 1. The highest BCUT2D eigenvalue weighted by Gasteiger charge is 2.15. The Morgan fingerprint density at radius 2 is 1.82 bits per heavy atom. The molecule has 22 heavy (non-hydrogen) atoms. The number of halogens is 3. The summed E-state index contributed by atoms with van der Waals surface area (Å²) in [6.45, 7) is 3.37. The van der Waals surface area contributed by atoms with Gasteiger partial charge in [-0.3, -0.25) is 4.79 Å². The maximum absolute atomic E-state index is 13.4. The molecule has 0 spiro atoms. The van der Waals surface area contributed by atoms with Crippen LogP contribution in [-0.4, -0.2) is 12.5 Å². The molecular formula is C16H14F3NO2. The summed E-state index contributed by atoms with van der Waals surface area (Å²) in [4.78, 5) is 11.7. The molecule has 1 amide bonds. The summed E-state index contributed by atoms with van der Waals surface area (Å²) in [5.74, 6) is -4.54. The number of ether oxygens (including phenoxy) is 1. The number of rotatable bonds is 4. The molecule has 116 valence electrons. The topological polar surface area (TPSA) is 38.3 Å². The Kier molecular flexibility index (Phi) is 4.70. The lowest BCUT2D eigenvalue weighted by Crippen LogP contribution is -2.21. The van der Waals surface area contributed by atoms with Gasteiger partial charge >= 0.3 is 0 Å². The molecule has 0 saturated carbocycles. The highest BCUT2D eigenvalue weighted by molar-refractivity contribution is 5.92. The Morgan fingerprint density at radius 1 is 1.09 bits per heavy atom. The molecule has 1 N–H and O–H groups in total. The predicted molar refractivity (Wildman–Crippen MR) is 76.4 cm³/mol. The quantitative estimate of drug-likeness (QED) is 0.874. The third-order valence-electron chi connectivity index (χ3n) is 3.22. The minimum absolute atomic E-state index is 0.372. The third-order valence-corrected chi connectivity index (χ3v) is 3.22. The first kappa shape index (κ1) is 15.9. The van der Waals surface area contributed by atoms with E-state index in [1.54, 1.807) is 12.1 Å². The number of aryl methyl sites for hydroxylation is 1. The maximum Gasteiger partial charge on any atom is 0.262 e. The lowest BCUT2D eigenvalue weighted by atomic mass is 10.1. The van der Waals surface area contributed by atoms with Gasteiger partial charge in [-0.25, -0.2) is 13.2 Å². The van der Waals surface area contributed by atoms with Crippen LogP contribution in [0.5, 0.6) is 5.75 Å². The van der Waals surface area contributed by atoms with E-state index >= 15 is 0 Å². The van der Waals surface area contributed by atoms with Crippen LogP contribution >= 0.6 is 0 Å². The van der Waals surface area contributed by atoms with Crippen LogP contribution in [-0.2, 0) is 4.79 Å². The van der Waals surface area contributed by atoms with E-state index in [1.807, 2.05) is 19.9 Å². The van der Waals surface area contributed by atoms with Gasteiger partial charge in [0.25, 0.3) is 5.91 Å². The van der Waals surface area contributed by atoms with E-state index in [9.17, 15) is 18.0 Å². The van der Waals surface area contributed by atoms with Crippen molar-refractivity contribution in [3.05, 3.63) is 58.9 Å². The molecule has 6 heteroatoms. The first-order valence-corrected chi connectivity index (χ1v) is 6.52. The molecule has 0 atom stereocenters. The third kappa shape index (κ3) is 3.39. The number of nitrogens with one attached hydrogen (secondary N) is 1. The van der Waals surface area contributed by atoms with Crippen LogP contribution in [0.15, 0.2) is 30.3 Å². The fourth-order valence-corrected chi connectivity index (χ4v) is 1.83. The number of hydrogen-bond donors (Lipinski definition) is 1. The molecule has 0 bridgehead atoms. The second-order valence-corrected chi connectivity index (χ2v) is 4.76. The summed E-state index contributed by atoms with van der Waals surface area (Å²) in [7, 11) is 0. The molecule has 2 aromatic carbocycles. The van der Waals surface area contributed by atoms with Crippen LogP contribution in [0.25, 0.3) is 0 Å². The molecule has 0 aliphatic heterocycles. The van der Waals surface area contributed by atoms with Gasteiger partial charge in [0.05, 0.1) is 5.69 Å². The average molecular weight is 309 g/mol. The SMILES string of the molecule is Cc1cccc(OCC(=O)Nc2ccc(F)c(F)c2F)c1C. The van der Waals surface area contributed by atoms with Gasteiger partial charge in [0, 0.05) is 0 Å². The summed E-state index contributed by atoms with van der Waals surface area (Å²) in [5.41, 5.74) is 1.45. The van der Waals surface area contributed by atoms with E-state index in [0.717, 1.165) is 23.3 Å². The summed E-state index contributed by atoms with van der Waals surface area (Å²) in [5, 5.41) is 2.14. The molecule has 0 aliphatic rings. The summed E-state index contributed by atoms with van der Waals surface area (Å²) in [6, 6.07) is 7.07. The zero-order valence-corrected chi connectivity index (χ0v) is 12.0. The number of carbonyl (C=O) groups is 1. The van der Waals surface area contributed by atoms with Gasteiger partial charge in [-0.2, -0.15) is 0 Å². The van der Waals surface area contributed by atoms with Crippen LogP contribution in [0.1, 0.15) is 11.1 Å². The van der Waals surface area contributed by atoms with Crippen molar-refractivity contribution >= 4 is 11.6 Å². The Morgan fingerprint density at radius 3 is 2.55 bits per heavy atom. The maximum atomic E-state index is 13.4. The summed E-state index contributed by atoms with van der Waals surface area (Å²) < 4.78 is 44.6. The van der Waals surface area contributed by atoms with E-state index in [2.05, 4.69) is 5.32 Å². The van der Waals surface area contributed by atoms with E-state index in [0.29, 0.717) is 5.75 Å². The zero-order chi connectivity index (χ0) is 16.3. The Labute approximate surface area is 125 Å². The first-order valence-electron chi connectivity index (χ1n) is 6.52. The van der Waals surface area contributed by atoms with Crippen molar-refractivity contribution in [2.24, 2.45) is 0 Å². The standard InChI is InChI=1S/C16H14F3NO2/c1-9-4-3-5-13(10(9)2)22-8-14(21)20-12-7-6-11(17)15(18)16(12)19/h3-7H,8H2,1-2H3,(H,20,21). The van der Waals surface area contributed by atoms with Crippen molar-refractivity contribution in [2.75, 3.05) is 11.9 Å². The van der Waals surface area contributed by atoms with Crippen LogP contribution in [0.3, 0.4) is 0 Å². The number of hydrogen-bond acceptors (Lipinski definition) is 2. The van der Waals surface area contributed by atoms with Gasteiger partial charge in [-0.1, -0.05) is 12.1 Å². The Balaban J connectivity index is 2.02. The normalized spacial score (nSPS) is 10.4. The number of carbonyl (C=O) groups excluding carboxylic acids is 1. The fourth-order valence-electron chi connectivity index (χ4n) is 1.83. The van der Waals surface area contributed by atoms with Crippen molar-refractivity contribution in [3.8, 4) is 5.75 Å². The van der Waals surface area contributed by atoms with E-state index in [1.165, 1.54) is 0 Å². The molecule has 2 aromatic rings. The lowest BCUT2D eigenvalue weighted by molar-refractivity contribution is -0.118. The van der Waals surface area contributed by atoms with Crippen molar-refractivity contribution in [2.45, 2.75) is 13.8 Å². The highest BCUT2D eigenvalue weighted by Crippen LogP contribution is 2.21. The van der Waals surface area contributed by atoms with Crippen molar-refractivity contribution in [1.82, 2.24) is 0 Å². The minimum Gasteiger partial charge on any atom is -0.483 e. The smallest absolute Gasteiger partial charge is 0.262 e. The molecule has 0 aliphatic carbocycles. The van der Waals surface area contributed by atoms with Gasteiger partial charge in [0.2, 0.25) is 0 Å². The molecule has 0 heterocycles. The van der Waals surface area contributed by atoms with Gasteiger partial charge in [0.1, 0.15) is 5.75 Å². The van der Waals surface area contributed by atoms with Gasteiger partial charge in [-0.05, 0) is 43.2 Å². The highest BCUT2D eigenvalue weighted by atomic mass is 19.2. The molecule has 3 nitrogen and oxygen atoms in total. The zero-order valence-electron chi connectivity index (χ0n) is 12.0. The predicted octanol–water partition coefficient (Wildman–Crippen LogP) is 3.74. The molecule has 0 radical (unpaired) electrons. The van der Waals surface area contributed by atoms with Crippen molar-refractivity contribution in [3.63, 3.8) is 0 Å². The van der Waals surface area contributed by atoms with Crippen LogP contribution in [0.4, 0.5) is 18.9 Å². The monoisotopic (exact) mass is 309 g/mol. The fraction of sp³-hybridized carbons (Fsp3) is 0.188. The van der Waals surface area contributed by atoms with E-state index < -0.39 is 29.0 Å². The van der Waals surface area contributed by atoms with E-state index in [4.69, 9.17) is 4.74 Å². The van der Waals surface area contributed by atoms with E-state index in [-0.39, 0.29) is 6.61 Å². The summed E-state index contributed by atoms with van der Waals surface area (Å²) in [6.07, 6.45) is 0. The van der Waals surface area contributed by atoms with Crippen LogP contribution in [0, 0.1) is 31.3 Å². The second kappa shape index (κ2) is 6.51. The van der Waals surface area contributed by atoms with Crippen LogP contribution in [0.2, 0.25) is 0 Å². The Hall–Kier alpha value is -2.50. The molecule has 2 rings (SSSR count). The van der Waals surface area contributed by atoms with Gasteiger partial charge in [-0.15, -0.1) is 0 Å². The van der Waals surface area contributed by atoms with Gasteiger partial charge in [0.15, 0.2) is 24.1 Å². The van der Waals surface area contributed by atoms with Crippen molar-refractivity contribution in [1.29, 1.82) is 0 Å². The molecule has 0 unspecified atom stereocenters. The average Bonchev–Trinajstić information content (AvgIpc) is 2.49. The minimum atomic E-state index is -1.63. The van der Waals surface area contributed by atoms with Gasteiger partial charge < -0.3 is 10.1 Å². The molecule has 0 aromatic heterocycles. The number of benzene rings is 2. The largest absolute Gasteiger partial charge is 0.483 e. The lowest BCUT2D eigenvalue weighted by Gasteiger charge is -2.11. The van der Waals surface area contributed by atoms with Crippen LogP contribution < -0.4 is 10.1 Å². The molecular weight excluding hydrogens is 295 g/mol. The Bertz CT molecular complexity index is 717. The first-order chi connectivity index (χ1) is 10.4. The molecule has 0 fully saturated rings. The number of amides is 1. The van der Waals surface area contributed by atoms with Crippen molar-refractivity contribution < 1.29 is 22.7 Å². The second-order valence-electron chi connectivity index (χ2n) is 4.76. The molecule has 0 saturated heterocycles. The summed E-state index contributed by atoms with van der Waals surface area (Å²) >= 11 is 0.